The number of nitrogens with one attached hydrogen (secondary N) is 2. The number of hydrogen-bond acceptors (Lipinski definition) is 5. The van der Waals surface area contributed by atoms with Gasteiger partial charge < -0.3 is 25.0 Å². The summed E-state index contributed by atoms with van der Waals surface area (Å²) in [6, 6.07) is 11.1. The molecule has 0 heterocycles. The van der Waals surface area contributed by atoms with Crippen LogP contribution < -0.4 is 25.0 Å². The van der Waals surface area contributed by atoms with Crippen molar-refractivity contribution in [1.82, 2.24) is 5.32 Å². The second kappa shape index (κ2) is 10.4. The summed E-state index contributed by atoms with van der Waals surface area (Å²) < 4.78 is 10.4. The van der Waals surface area contributed by atoms with Crippen LogP contribution in [0.3, 0.4) is 0 Å². The van der Waals surface area contributed by atoms with Crippen molar-refractivity contribution in [1.29, 1.82) is 0 Å². The average molecular weight is 399 g/mol. The van der Waals surface area contributed by atoms with Crippen molar-refractivity contribution in [3.63, 3.8) is 0 Å². The first-order chi connectivity index (χ1) is 13.9. The molecule has 0 aliphatic heterocycles. The maximum Gasteiger partial charge on any atom is 0.313 e. The summed E-state index contributed by atoms with van der Waals surface area (Å²) in [7, 11) is 3.10. The van der Waals surface area contributed by atoms with Crippen LogP contribution in [0.5, 0.6) is 11.5 Å². The highest BCUT2D eigenvalue weighted by Gasteiger charge is 2.15. The molecule has 0 atom stereocenters. The fraction of sp³-hybridized carbons (Fsp3) is 0.364. The summed E-state index contributed by atoms with van der Waals surface area (Å²) in [5.74, 6) is -0.243. The lowest BCUT2D eigenvalue weighted by Crippen LogP contribution is -2.35. The number of carbonyl (C=O) groups is 2. The molecule has 0 aliphatic rings. The fourth-order valence-electron chi connectivity index (χ4n) is 3.01. The van der Waals surface area contributed by atoms with Gasteiger partial charge in [-0.25, -0.2) is 0 Å². The molecule has 0 saturated heterocycles. The van der Waals surface area contributed by atoms with Crippen molar-refractivity contribution in [2.75, 3.05) is 37.5 Å². The largest absolute Gasteiger partial charge is 0.493 e. The Kier molecular flexibility index (Phi) is 7.88. The topological polar surface area (TPSA) is 79.9 Å². The van der Waals surface area contributed by atoms with Gasteiger partial charge in [-0.05, 0) is 62.2 Å². The van der Waals surface area contributed by atoms with E-state index in [0.29, 0.717) is 17.2 Å². The van der Waals surface area contributed by atoms with Crippen LogP contribution in [-0.4, -0.2) is 39.1 Å². The van der Waals surface area contributed by atoms with Gasteiger partial charge in [0.1, 0.15) is 0 Å². The molecule has 0 bridgehead atoms. The smallest absolute Gasteiger partial charge is 0.313 e. The second-order valence-corrected chi connectivity index (χ2v) is 6.50. The Labute approximate surface area is 172 Å². The minimum absolute atomic E-state index is 0.201. The van der Waals surface area contributed by atoms with E-state index in [2.05, 4.69) is 29.4 Å². The molecule has 29 heavy (non-hydrogen) atoms. The normalized spacial score (nSPS) is 10.2. The number of hydrogen-bond donors (Lipinski definition) is 2. The van der Waals surface area contributed by atoms with E-state index < -0.39 is 11.8 Å². The lowest BCUT2D eigenvalue weighted by Gasteiger charge is -2.22. The summed E-state index contributed by atoms with van der Waals surface area (Å²) in [4.78, 5) is 26.7. The van der Waals surface area contributed by atoms with Gasteiger partial charge in [0.25, 0.3) is 0 Å². The highest BCUT2D eigenvalue weighted by Crippen LogP contribution is 2.27. The molecule has 156 valence electrons. The van der Waals surface area contributed by atoms with Crippen molar-refractivity contribution < 1.29 is 19.1 Å². The molecule has 2 rings (SSSR count). The molecule has 2 aromatic rings. The highest BCUT2D eigenvalue weighted by molar-refractivity contribution is 6.39. The Morgan fingerprint density at radius 2 is 1.62 bits per heavy atom. The fourth-order valence-corrected chi connectivity index (χ4v) is 3.01. The van der Waals surface area contributed by atoms with Crippen LogP contribution in [0.2, 0.25) is 0 Å². The Morgan fingerprint density at radius 1 is 0.931 bits per heavy atom. The quantitative estimate of drug-likeness (QED) is 0.667. The van der Waals surface area contributed by atoms with E-state index >= 15 is 0 Å². The van der Waals surface area contributed by atoms with E-state index in [1.165, 1.54) is 0 Å². The zero-order valence-corrected chi connectivity index (χ0v) is 17.7. The number of benzene rings is 2. The van der Waals surface area contributed by atoms with Crippen LogP contribution in [0.15, 0.2) is 36.4 Å². The van der Waals surface area contributed by atoms with E-state index in [-0.39, 0.29) is 6.54 Å². The summed E-state index contributed by atoms with van der Waals surface area (Å²) in [5, 5.41) is 5.29. The predicted octanol–water partition coefficient (Wildman–Crippen LogP) is 3.11. The molecule has 0 fully saturated rings. The van der Waals surface area contributed by atoms with Crippen molar-refractivity contribution in [2.24, 2.45) is 0 Å². The van der Waals surface area contributed by atoms with E-state index in [1.807, 2.05) is 25.1 Å². The zero-order chi connectivity index (χ0) is 21.4. The Morgan fingerprint density at radius 3 is 2.21 bits per heavy atom. The number of amides is 2. The van der Waals surface area contributed by atoms with E-state index in [4.69, 9.17) is 9.47 Å². The standard InChI is InChI=1S/C22H29N3O4/c1-6-25(7-2)17-9-10-18(15(3)12-17)24-22(27)21(26)23-14-16-8-11-19(28-4)20(13-16)29-5/h8-13H,6-7,14H2,1-5H3,(H,23,26)(H,24,27). The maximum atomic E-state index is 12.3. The average Bonchev–Trinajstić information content (AvgIpc) is 2.74. The van der Waals surface area contributed by atoms with Gasteiger partial charge in [0.05, 0.1) is 14.2 Å². The molecule has 7 nitrogen and oxygen atoms in total. The molecule has 2 N–H and O–H groups in total. The summed E-state index contributed by atoms with van der Waals surface area (Å²) in [6.07, 6.45) is 0. The van der Waals surface area contributed by atoms with Crippen LogP contribution in [0, 0.1) is 6.92 Å². The number of anilines is 2. The lowest BCUT2D eigenvalue weighted by molar-refractivity contribution is -0.136. The molecule has 7 heteroatoms. The molecular formula is C22H29N3O4. The predicted molar refractivity (Wildman–Crippen MR) is 115 cm³/mol. The monoisotopic (exact) mass is 399 g/mol. The molecule has 0 spiro atoms. The van der Waals surface area contributed by atoms with Gasteiger partial charge in [0.2, 0.25) is 0 Å². The van der Waals surface area contributed by atoms with Gasteiger partial charge in [0.15, 0.2) is 11.5 Å². The minimum atomic E-state index is -0.704. The van der Waals surface area contributed by atoms with Crippen LogP contribution >= 0.6 is 0 Å². The molecular weight excluding hydrogens is 370 g/mol. The van der Waals surface area contributed by atoms with Gasteiger partial charge >= 0.3 is 11.8 Å². The van der Waals surface area contributed by atoms with Crippen LogP contribution in [0.1, 0.15) is 25.0 Å². The summed E-state index contributed by atoms with van der Waals surface area (Å²) >= 11 is 0. The molecule has 2 amide bonds. The molecule has 2 aromatic carbocycles. The zero-order valence-electron chi connectivity index (χ0n) is 17.7. The van der Waals surface area contributed by atoms with E-state index in [9.17, 15) is 9.59 Å². The third-order valence-electron chi connectivity index (χ3n) is 4.69. The first-order valence-corrected chi connectivity index (χ1v) is 9.59. The third kappa shape index (κ3) is 5.63. The minimum Gasteiger partial charge on any atom is -0.493 e. The van der Waals surface area contributed by atoms with Crippen molar-refractivity contribution in [3.05, 3.63) is 47.5 Å². The molecule has 0 aromatic heterocycles. The van der Waals surface area contributed by atoms with E-state index in [1.54, 1.807) is 32.4 Å². The van der Waals surface area contributed by atoms with E-state index in [0.717, 1.165) is 29.9 Å². The van der Waals surface area contributed by atoms with Gasteiger partial charge in [-0.2, -0.15) is 0 Å². The number of rotatable bonds is 8. The molecule has 0 unspecified atom stereocenters. The van der Waals surface area contributed by atoms with Gasteiger partial charge in [-0.3, -0.25) is 9.59 Å². The van der Waals surface area contributed by atoms with Crippen molar-refractivity contribution in [3.8, 4) is 11.5 Å². The summed E-state index contributed by atoms with van der Waals surface area (Å²) in [5.41, 5.74) is 3.40. The van der Waals surface area contributed by atoms with Crippen molar-refractivity contribution in [2.45, 2.75) is 27.3 Å². The number of carbonyl (C=O) groups excluding carboxylic acids is 2. The molecule has 0 radical (unpaired) electrons. The first-order valence-electron chi connectivity index (χ1n) is 9.59. The Hall–Kier alpha value is -3.22. The van der Waals surface area contributed by atoms with Crippen LogP contribution in [-0.2, 0) is 16.1 Å². The van der Waals surface area contributed by atoms with Crippen LogP contribution in [0.25, 0.3) is 0 Å². The maximum absolute atomic E-state index is 12.3. The van der Waals surface area contributed by atoms with Crippen molar-refractivity contribution >= 4 is 23.2 Å². The number of ether oxygens (including phenoxy) is 2. The van der Waals surface area contributed by atoms with Gasteiger partial charge in [0, 0.05) is 31.0 Å². The third-order valence-corrected chi connectivity index (χ3v) is 4.69. The van der Waals surface area contributed by atoms with Crippen LogP contribution in [0.4, 0.5) is 11.4 Å². The number of nitrogens with zero attached hydrogens (tertiary/aromatic N) is 1. The summed E-state index contributed by atoms with van der Waals surface area (Å²) in [6.45, 7) is 8.10. The van der Waals surface area contributed by atoms with Gasteiger partial charge in [-0.15, -0.1) is 0 Å². The number of aryl methyl sites for hydroxylation is 1. The SMILES string of the molecule is CCN(CC)c1ccc(NC(=O)C(=O)NCc2ccc(OC)c(OC)c2)c(C)c1. The first kappa shape index (κ1) is 22.1. The lowest BCUT2D eigenvalue weighted by atomic mass is 10.1. The molecule has 0 aliphatic carbocycles. The number of methoxy groups -OCH3 is 2. The Bertz CT molecular complexity index is 863. The highest BCUT2D eigenvalue weighted by atomic mass is 16.5. The molecule has 0 saturated carbocycles. The van der Waals surface area contributed by atoms with Gasteiger partial charge in [-0.1, -0.05) is 6.07 Å². The Balaban J connectivity index is 1.98. The second-order valence-electron chi connectivity index (χ2n) is 6.50.